The second kappa shape index (κ2) is 7.37. The zero-order chi connectivity index (χ0) is 19.0. The van der Waals surface area contributed by atoms with Gasteiger partial charge >= 0.3 is 0 Å². The molecule has 3 saturated heterocycles. The number of amides is 1. The number of methoxy groups -OCH3 is 1. The van der Waals surface area contributed by atoms with Gasteiger partial charge < -0.3 is 15.0 Å². The summed E-state index contributed by atoms with van der Waals surface area (Å²) >= 11 is 6.09. The van der Waals surface area contributed by atoms with Gasteiger partial charge in [-0.15, -0.1) is 0 Å². The van der Waals surface area contributed by atoms with Crippen LogP contribution in [0.25, 0.3) is 5.69 Å². The van der Waals surface area contributed by atoms with Gasteiger partial charge in [-0.3, -0.25) is 14.2 Å². The molecule has 4 heterocycles. The van der Waals surface area contributed by atoms with Gasteiger partial charge in [0.25, 0.3) is 11.5 Å². The molecule has 1 N–H and O–H groups in total. The van der Waals surface area contributed by atoms with Gasteiger partial charge in [-0.25, -0.2) is 0 Å². The van der Waals surface area contributed by atoms with E-state index in [0.717, 1.165) is 32.5 Å². The summed E-state index contributed by atoms with van der Waals surface area (Å²) in [6.07, 6.45) is 3.81. The molecule has 2 aromatic rings. The molecule has 1 amide bonds. The van der Waals surface area contributed by atoms with Crippen LogP contribution >= 0.6 is 11.6 Å². The molecule has 6 nitrogen and oxygen atoms in total. The second-order valence-corrected chi connectivity index (χ2v) is 7.60. The monoisotopic (exact) mass is 387 g/mol. The number of carbonyl (C=O) groups is 1. The van der Waals surface area contributed by atoms with Crippen LogP contribution in [0.1, 0.15) is 23.2 Å². The molecule has 2 bridgehead atoms. The summed E-state index contributed by atoms with van der Waals surface area (Å²) in [4.78, 5) is 27.6. The van der Waals surface area contributed by atoms with Crippen LogP contribution in [0.4, 0.5) is 0 Å². The minimum atomic E-state index is -0.255. The van der Waals surface area contributed by atoms with E-state index < -0.39 is 0 Å². The number of hydrogen-bond acceptors (Lipinski definition) is 4. The summed E-state index contributed by atoms with van der Waals surface area (Å²) in [6, 6.07) is 8.17. The van der Waals surface area contributed by atoms with Gasteiger partial charge in [0.15, 0.2) is 0 Å². The molecule has 3 aliphatic heterocycles. The number of hydrogen-bond donors (Lipinski definition) is 1. The van der Waals surface area contributed by atoms with E-state index >= 15 is 0 Å². The lowest BCUT2D eigenvalue weighted by Crippen LogP contribution is -2.57. The van der Waals surface area contributed by atoms with E-state index in [9.17, 15) is 9.59 Å². The predicted molar refractivity (Wildman–Crippen MR) is 104 cm³/mol. The number of fused-ring (bicyclic) bond motifs is 3. The molecule has 142 valence electrons. The summed E-state index contributed by atoms with van der Waals surface area (Å²) in [5, 5.41) is 3.64. The Labute approximate surface area is 162 Å². The van der Waals surface area contributed by atoms with Crippen molar-refractivity contribution in [3.63, 3.8) is 0 Å². The van der Waals surface area contributed by atoms with Gasteiger partial charge in [0.05, 0.1) is 18.4 Å². The van der Waals surface area contributed by atoms with Gasteiger partial charge in [-0.2, -0.15) is 0 Å². The molecule has 1 atom stereocenters. The minimum Gasteiger partial charge on any atom is -0.495 e. The number of ether oxygens (including phenoxy) is 1. The minimum absolute atomic E-state index is 0.163. The highest BCUT2D eigenvalue weighted by Gasteiger charge is 2.35. The highest BCUT2D eigenvalue weighted by Crippen LogP contribution is 2.28. The second-order valence-electron chi connectivity index (χ2n) is 7.16. The molecular formula is C20H22ClN3O3. The van der Waals surface area contributed by atoms with Gasteiger partial charge in [0, 0.05) is 29.9 Å². The van der Waals surface area contributed by atoms with Crippen LogP contribution < -0.4 is 15.6 Å². The fourth-order valence-corrected chi connectivity index (χ4v) is 4.21. The first-order chi connectivity index (χ1) is 13.0. The fourth-order valence-electron chi connectivity index (χ4n) is 4.04. The van der Waals surface area contributed by atoms with E-state index in [1.165, 1.54) is 17.7 Å². The van der Waals surface area contributed by atoms with E-state index in [2.05, 4.69) is 10.2 Å². The SMILES string of the molecule is COc1ccc(Cl)cc1-n1cc(C(=O)NC2CN3CCC2CC3)ccc1=O. The smallest absolute Gasteiger partial charge is 0.255 e. The molecule has 1 aromatic carbocycles. The molecule has 5 rings (SSSR count). The summed E-state index contributed by atoms with van der Waals surface area (Å²) in [7, 11) is 1.53. The number of rotatable bonds is 4. The highest BCUT2D eigenvalue weighted by molar-refractivity contribution is 6.30. The van der Waals surface area contributed by atoms with Crippen molar-refractivity contribution in [3.05, 3.63) is 57.5 Å². The lowest BCUT2D eigenvalue weighted by molar-refractivity contribution is 0.0620. The van der Waals surface area contributed by atoms with Crippen molar-refractivity contribution < 1.29 is 9.53 Å². The molecule has 0 radical (unpaired) electrons. The number of carbonyl (C=O) groups excluding carboxylic acids is 1. The molecule has 0 saturated carbocycles. The number of aromatic nitrogens is 1. The molecule has 1 aromatic heterocycles. The van der Waals surface area contributed by atoms with Crippen molar-refractivity contribution in [2.75, 3.05) is 26.7 Å². The Morgan fingerprint density at radius 1 is 1.22 bits per heavy atom. The Balaban J connectivity index is 1.62. The number of benzene rings is 1. The summed E-state index contributed by atoms with van der Waals surface area (Å²) in [5.74, 6) is 0.887. The van der Waals surface area contributed by atoms with E-state index in [-0.39, 0.29) is 17.5 Å². The molecule has 0 aliphatic carbocycles. The van der Waals surface area contributed by atoms with Crippen LogP contribution in [0.15, 0.2) is 41.3 Å². The standard InChI is InChI=1S/C20H22ClN3O3/c1-27-18-4-3-15(21)10-17(18)24-11-14(2-5-19(24)25)20(26)22-16-12-23-8-6-13(16)7-9-23/h2-5,10-11,13,16H,6-9,12H2,1H3,(H,22,26). The van der Waals surface area contributed by atoms with Gasteiger partial charge in [-0.1, -0.05) is 11.6 Å². The van der Waals surface area contributed by atoms with Crippen molar-refractivity contribution in [1.29, 1.82) is 0 Å². The van der Waals surface area contributed by atoms with Crippen LogP contribution in [0.2, 0.25) is 5.02 Å². The Kier molecular flexibility index (Phi) is 4.93. The fraction of sp³-hybridized carbons (Fsp3) is 0.400. The maximum Gasteiger partial charge on any atom is 0.255 e. The average molecular weight is 388 g/mol. The molecule has 3 aliphatic rings. The van der Waals surface area contributed by atoms with Crippen LogP contribution in [-0.2, 0) is 0 Å². The lowest BCUT2D eigenvalue weighted by atomic mass is 9.84. The maximum atomic E-state index is 12.8. The number of nitrogens with zero attached hydrogens (tertiary/aromatic N) is 2. The third-order valence-electron chi connectivity index (χ3n) is 5.55. The molecule has 1 unspecified atom stereocenters. The average Bonchev–Trinajstić information content (AvgIpc) is 2.69. The Bertz CT molecular complexity index is 919. The number of pyridine rings is 1. The van der Waals surface area contributed by atoms with E-state index in [0.29, 0.717) is 27.9 Å². The van der Waals surface area contributed by atoms with Crippen LogP contribution in [-0.4, -0.2) is 48.2 Å². The van der Waals surface area contributed by atoms with Crippen molar-refractivity contribution >= 4 is 17.5 Å². The molecule has 0 spiro atoms. The van der Waals surface area contributed by atoms with Crippen LogP contribution in [0.3, 0.4) is 0 Å². The van der Waals surface area contributed by atoms with E-state index in [1.54, 1.807) is 30.5 Å². The first-order valence-corrected chi connectivity index (χ1v) is 9.53. The maximum absolute atomic E-state index is 12.8. The van der Waals surface area contributed by atoms with Crippen molar-refractivity contribution in [3.8, 4) is 11.4 Å². The third-order valence-corrected chi connectivity index (χ3v) is 5.78. The first kappa shape index (κ1) is 18.1. The van der Waals surface area contributed by atoms with Crippen molar-refractivity contribution in [2.24, 2.45) is 5.92 Å². The first-order valence-electron chi connectivity index (χ1n) is 9.15. The van der Waals surface area contributed by atoms with Crippen molar-refractivity contribution in [1.82, 2.24) is 14.8 Å². The lowest BCUT2D eigenvalue weighted by Gasteiger charge is -2.44. The molecular weight excluding hydrogens is 366 g/mol. The van der Waals surface area contributed by atoms with Gasteiger partial charge in [0.1, 0.15) is 5.75 Å². The zero-order valence-electron chi connectivity index (χ0n) is 15.2. The predicted octanol–water partition coefficient (Wildman–Crippen LogP) is 2.32. The summed E-state index contributed by atoms with van der Waals surface area (Å²) in [6.45, 7) is 3.14. The summed E-state index contributed by atoms with van der Waals surface area (Å²) < 4.78 is 6.74. The third kappa shape index (κ3) is 3.59. The quantitative estimate of drug-likeness (QED) is 0.874. The van der Waals surface area contributed by atoms with Crippen LogP contribution in [0.5, 0.6) is 5.75 Å². The zero-order valence-corrected chi connectivity index (χ0v) is 15.9. The van der Waals surface area contributed by atoms with Gasteiger partial charge in [0.2, 0.25) is 0 Å². The Morgan fingerprint density at radius 2 is 2.00 bits per heavy atom. The molecule has 3 fully saturated rings. The summed E-state index contributed by atoms with van der Waals surface area (Å²) in [5.41, 5.74) is 0.690. The van der Waals surface area contributed by atoms with E-state index in [4.69, 9.17) is 16.3 Å². The molecule has 7 heteroatoms. The largest absolute Gasteiger partial charge is 0.495 e. The molecule has 27 heavy (non-hydrogen) atoms. The highest BCUT2D eigenvalue weighted by atomic mass is 35.5. The Hall–Kier alpha value is -2.31. The number of piperidine rings is 3. The normalized spacial score (nSPS) is 23.9. The van der Waals surface area contributed by atoms with Crippen LogP contribution in [0, 0.1) is 5.92 Å². The topological polar surface area (TPSA) is 63.6 Å². The Morgan fingerprint density at radius 3 is 2.67 bits per heavy atom. The van der Waals surface area contributed by atoms with E-state index in [1.807, 2.05) is 0 Å². The number of nitrogens with one attached hydrogen (secondary N) is 1. The van der Waals surface area contributed by atoms with Crippen molar-refractivity contribution in [2.45, 2.75) is 18.9 Å². The van der Waals surface area contributed by atoms with Gasteiger partial charge in [-0.05, 0) is 56.1 Å². The number of halogens is 1.